The molecule has 6 rings (SSSR count). The van der Waals surface area contributed by atoms with Gasteiger partial charge in [-0.1, -0.05) is 17.2 Å². The van der Waals surface area contributed by atoms with Crippen molar-refractivity contribution in [2.45, 2.75) is 13.1 Å². The molecule has 0 saturated heterocycles. The van der Waals surface area contributed by atoms with Crippen LogP contribution in [0.25, 0.3) is 23.0 Å². The first-order valence-corrected chi connectivity index (χ1v) is 11.8. The molecule has 9 nitrogen and oxygen atoms in total. The van der Waals surface area contributed by atoms with Crippen LogP contribution < -0.4 is 14.9 Å². The van der Waals surface area contributed by atoms with Crippen LogP contribution in [0.3, 0.4) is 0 Å². The zero-order chi connectivity index (χ0) is 29.3. The first-order valence-electron chi connectivity index (χ1n) is 11.8. The number of aryl methyl sites for hydroxylation is 1. The Morgan fingerprint density at radius 1 is 0.929 bits per heavy atom. The molecule has 0 fully saturated rings. The number of anilines is 2. The average molecular weight is 760 g/mol. The molecule has 4 aromatic rings. The van der Waals surface area contributed by atoms with Crippen LogP contribution in [0.5, 0.6) is 0 Å². The van der Waals surface area contributed by atoms with Crippen molar-refractivity contribution in [1.82, 2.24) is 30.0 Å². The van der Waals surface area contributed by atoms with E-state index in [1.54, 1.807) is 78.8 Å². The third-order valence-corrected chi connectivity index (χ3v) is 5.63. The number of aromatic nitrogens is 4. The molecule has 223 valence electrons. The minimum atomic E-state index is -4.41. The number of halogens is 5. The number of rotatable bonds is 4. The van der Waals surface area contributed by atoms with Crippen molar-refractivity contribution in [1.29, 1.82) is 0 Å². The molecule has 15 heteroatoms. The predicted molar refractivity (Wildman–Crippen MR) is 137 cm³/mol. The molecule has 4 heterocycles. The number of hydrogen-bond acceptors (Lipinski definition) is 8. The van der Waals surface area contributed by atoms with Gasteiger partial charge in [0, 0.05) is 49.1 Å². The summed E-state index contributed by atoms with van der Waals surface area (Å²) in [4.78, 5) is 14.7. The molecule has 0 N–H and O–H groups in total. The van der Waals surface area contributed by atoms with Crippen molar-refractivity contribution in [3.8, 4) is 23.0 Å². The Labute approximate surface area is 251 Å². The first kappa shape index (κ1) is 30.7. The van der Waals surface area contributed by atoms with Crippen molar-refractivity contribution in [2.24, 2.45) is 0 Å². The van der Waals surface area contributed by atoms with Gasteiger partial charge in [0.2, 0.25) is 5.89 Å². The Hall–Kier alpha value is -4.23. The zero-order valence-electron chi connectivity index (χ0n) is 22.1. The van der Waals surface area contributed by atoms with E-state index >= 15 is 0 Å². The van der Waals surface area contributed by atoms with E-state index in [1.807, 2.05) is 0 Å². The number of alkyl halides is 3. The second-order valence-corrected chi connectivity index (χ2v) is 8.87. The van der Waals surface area contributed by atoms with Gasteiger partial charge < -0.3 is 34.1 Å². The van der Waals surface area contributed by atoms with Crippen molar-refractivity contribution in [3.63, 3.8) is 0 Å². The van der Waals surface area contributed by atoms with E-state index in [4.69, 9.17) is 4.42 Å². The second-order valence-electron chi connectivity index (χ2n) is 8.87. The fourth-order valence-electron chi connectivity index (χ4n) is 3.71. The molecule has 2 aliphatic rings. The summed E-state index contributed by atoms with van der Waals surface area (Å²) in [7, 11) is 3.61. The minimum Gasteiger partial charge on any atom is -0.510 e. The molecule has 2 aromatic heterocycles. The van der Waals surface area contributed by atoms with Gasteiger partial charge in [-0.15, -0.1) is 41.7 Å². The summed E-state index contributed by atoms with van der Waals surface area (Å²) < 4.78 is 70.9. The average Bonchev–Trinajstić information content (AvgIpc) is 3.72. The molecule has 0 aliphatic carbocycles. The van der Waals surface area contributed by atoms with Gasteiger partial charge in [0.1, 0.15) is 0 Å². The molecule has 0 spiro atoms. The quantitative estimate of drug-likeness (QED) is 0.203. The number of hydrogen-bond donors (Lipinski definition) is 0. The molecule has 2 aliphatic heterocycles. The Kier molecular flexibility index (Phi) is 9.02. The van der Waals surface area contributed by atoms with E-state index in [-0.39, 0.29) is 43.1 Å². The van der Waals surface area contributed by atoms with Crippen molar-refractivity contribution in [2.75, 3.05) is 23.9 Å². The van der Waals surface area contributed by atoms with E-state index in [9.17, 15) is 22.0 Å². The maximum Gasteiger partial charge on any atom is 0.394 e. The summed E-state index contributed by atoms with van der Waals surface area (Å²) in [5.74, 6) is -0.657. The molecular formula is C27H20F5IrN8O-5. The minimum absolute atomic E-state index is 0. The summed E-state index contributed by atoms with van der Waals surface area (Å²) in [5.41, 5.74) is 0.176. The second kappa shape index (κ2) is 12.3. The fraction of sp³-hybridized carbons (Fsp3) is 0.148. The summed E-state index contributed by atoms with van der Waals surface area (Å²) in [6, 6.07) is 9.44. The third-order valence-electron chi connectivity index (χ3n) is 5.63. The number of nitrogens with zero attached hydrogens (tertiary/aromatic N) is 8. The molecule has 0 saturated carbocycles. The van der Waals surface area contributed by atoms with E-state index < -0.39 is 23.4 Å². The van der Waals surface area contributed by atoms with Crippen LogP contribution in [0.15, 0.2) is 59.7 Å². The SMILES string of the molecule is CN1C=CN(c2[c-]c(N3C=CN(C)[CH-]3)cc(C(F)(F)F)c2)[CH-]1.Cc1n[n-]c(-c2nc(-c3[c-]cc(F)cc3F)co2)n1.[Ir]. The van der Waals surface area contributed by atoms with Crippen molar-refractivity contribution in [3.05, 3.63) is 104 Å². The van der Waals surface area contributed by atoms with E-state index in [1.165, 1.54) is 6.26 Å². The third kappa shape index (κ3) is 6.97. The first-order chi connectivity index (χ1) is 19.5. The van der Waals surface area contributed by atoms with Gasteiger partial charge in [-0.05, 0) is 45.8 Å². The van der Waals surface area contributed by atoms with E-state index in [0.29, 0.717) is 17.2 Å². The smallest absolute Gasteiger partial charge is 0.394 e. The summed E-state index contributed by atoms with van der Waals surface area (Å²) in [6.45, 7) is 5.05. The largest absolute Gasteiger partial charge is 0.510 e. The van der Waals surface area contributed by atoms with Gasteiger partial charge in [0.05, 0.1) is 6.26 Å². The molecule has 1 radical (unpaired) electrons. The Bertz CT molecular complexity index is 1560. The molecule has 0 bridgehead atoms. The van der Waals surface area contributed by atoms with Crippen molar-refractivity contribution < 1.29 is 46.5 Å². The van der Waals surface area contributed by atoms with E-state index in [0.717, 1.165) is 24.3 Å². The Morgan fingerprint density at radius 3 is 2.02 bits per heavy atom. The molecule has 0 atom stereocenters. The molecule has 2 aromatic carbocycles. The van der Waals surface area contributed by atoms with Gasteiger partial charge in [-0.2, -0.15) is 26.5 Å². The van der Waals surface area contributed by atoms with Crippen LogP contribution in [-0.2, 0) is 26.3 Å². The maximum atomic E-state index is 13.6. The predicted octanol–water partition coefficient (Wildman–Crippen LogP) is 5.33. The summed E-state index contributed by atoms with van der Waals surface area (Å²) in [6.07, 6.45) is 3.70. The summed E-state index contributed by atoms with van der Waals surface area (Å²) in [5, 5.41) is 7.46. The van der Waals surface area contributed by atoms with Gasteiger partial charge >= 0.3 is 6.18 Å². The van der Waals surface area contributed by atoms with Crippen LogP contribution in [-0.4, -0.2) is 39.0 Å². The van der Waals surface area contributed by atoms with Crippen LogP contribution >= 0.6 is 0 Å². The van der Waals surface area contributed by atoms with Gasteiger partial charge in [0.15, 0.2) is 0 Å². The van der Waals surface area contributed by atoms with Crippen LogP contribution in [0.2, 0.25) is 0 Å². The normalized spacial score (nSPS) is 14.4. The number of benzene rings is 2. The van der Waals surface area contributed by atoms with Crippen LogP contribution in [0.4, 0.5) is 33.3 Å². The molecule has 42 heavy (non-hydrogen) atoms. The fourth-order valence-corrected chi connectivity index (χ4v) is 3.71. The molecule has 0 unspecified atom stereocenters. The van der Waals surface area contributed by atoms with Gasteiger partial charge in [-0.3, -0.25) is 18.9 Å². The Balaban J connectivity index is 0.000000190. The monoisotopic (exact) mass is 760 g/mol. The molecule has 0 amide bonds. The zero-order valence-corrected chi connectivity index (χ0v) is 24.5. The van der Waals surface area contributed by atoms with Crippen molar-refractivity contribution >= 4 is 11.4 Å². The number of oxazole rings is 1. The van der Waals surface area contributed by atoms with Crippen LogP contribution in [0.1, 0.15) is 11.4 Å². The standard InChI is InChI=1S/C15H14F3N4.C12H6F2N4O.Ir/c1-19-3-5-21(10-19)13-7-12(15(16,17)18)8-14(9-13)22-6-4-20(2)11-22;1-6-15-11(18-17-6)12-16-10(5-19-12)8-3-2-7(13)4-9(8)14;/h3-8,10-11H,1-2H3;2,4-5H,1H3;/q-3;-2;. The molecular weight excluding hydrogens is 740 g/mol. The van der Waals surface area contributed by atoms with Gasteiger partial charge in [0.25, 0.3) is 0 Å². The van der Waals surface area contributed by atoms with Crippen LogP contribution in [0, 0.1) is 44.0 Å². The topological polar surface area (TPSA) is 78.9 Å². The summed E-state index contributed by atoms with van der Waals surface area (Å²) >= 11 is 0. The van der Waals surface area contributed by atoms with E-state index in [2.05, 4.69) is 32.3 Å². The van der Waals surface area contributed by atoms with Gasteiger partial charge in [-0.25, -0.2) is 0 Å². The Morgan fingerprint density at radius 2 is 1.55 bits per heavy atom. The maximum absolute atomic E-state index is 13.6.